The Morgan fingerprint density at radius 1 is 1.12 bits per heavy atom. The van der Waals surface area contributed by atoms with Gasteiger partial charge in [0.2, 0.25) is 0 Å². The van der Waals surface area contributed by atoms with Crippen molar-refractivity contribution in [2.24, 2.45) is 0 Å². The van der Waals surface area contributed by atoms with Crippen LogP contribution in [0, 0.1) is 13.8 Å². The zero-order chi connectivity index (χ0) is 17.1. The molecule has 124 valence electrons. The Bertz CT molecular complexity index is 910. The summed E-state index contributed by atoms with van der Waals surface area (Å²) in [5.41, 5.74) is 2.12. The SMILES string of the molecule is Cc1cc(C)c(CNC(=O)NCc2cc3ccccc3s2)c(=O)[nH]1. The first-order valence-electron chi connectivity index (χ1n) is 7.71. The smallest absolute Gasteiger partial charge is 0.315 e. The molecule has 0 saturated carbocycles. The van der Waals surface area contributed by atoms with Crippen LogP contribution in [0.1, 0.15) is 21.7 Å². The van der Waals surface area contributed by atoms with Crippen LogP contribution in [0.25, 0.3) is 10.1 Å². The van der Waals surface area contributed by atoms with Gasteiger partial charge in [-0.1, -0.05) is 18.2 Å². The molecule has 6 heteroatoms. The number of nitrogens with one attached hydrogen (secondary N) is 3. The number of fused-ring (bicyclic) bond motifs is 1. The van der Waals surface area contributed by atoms with E-state index in [9.17, 15) is 9.59 Å². The van der Waals surface area contributed by atoms with E-state index >= 15 is 0 Å². The van der Waals surface area contributed by atoms with Gasteiger partial charge in [-0.05, 0) is 43.0 Å². The average molecular weight is 341 g/mol. The maximum absolute atomic E-state index is 12.0. The number of amides is 2. The Morgan fingerprint density at radius 2 is 1.88 bits per heavy atom. The third kappa shape index (κ3) is 3.65. The molecule has 2 aromatic heterocycles. The van der Waals surface area contributed by atoms with Crippen LogP contribution < -0.4 is 16.2 Å². The Balaban J connectivity index is 1.57. The molecule has 0 aliphatic carbocycles. The fourth-order valence-corrected chi connectivity index (χ4v) is 3.63. The van der Waals surface area contributed by atoms with Gasteiger partial charge < -0.3 is 15.6 Å². The first-order valence-corrected chi connectivity index (χ1v) is 8.53. The van der Waals surface area contributed by atoms with Crippen molar-refractivity contribution in [2.45, 2.75) is 26.9 Å². The van der Waals surface area contributed by atoms with E-state index in [1.54, 1.807) is 11.3 Å². The maximum atomic E-state index is 12.0. The molecule has 3 N–H and O–H groups in total. The minimum Gasteiger partial charge on any atom is -0.334 e. The molecule has 2 amide bonds. The molecule has 2 heterocycles. The van der Waals surface area contributed by atoms with E-state index in [0.29, 0.717) is 12.1 Å². The summed E-state index contributed by atoms with van der Waals surface area (Å²) in [7, 11) is 0. The van der Waals surface area contributed by atoms with Crippen molar-refractivity contribution >= 4 is 27.5 Å². The van der Waals surface area contributed by atoms with Crippen molar-refractivity contribution in [1.82, 2.24) is 15.6 Å². The zero-order valence-corrected chi connectivity index (χ0v) is 14.4. The Morgan fingerprint density at radius 3 is 2.62 bits per heavy atom. The van der Waals surface area contributed by atoms with Gasteiger partial charge in [-0.15, -0.1) is 11.3 Å². The molecule has 0 radical (unpaired) electrons. The molecule has 3 aromatic rings. The van der Waals surface area contributed by atoms with Gasteiger partial charge in [0.1, 0.15) is 0 Å². The predicted molar refractivity (Wildman–Crippen MR) is 97.4 cm³/mol. The molecule has 0 saturated heterocycles. The van der Waals surface area contributed by atoms with Crippen molar-refractivity contribution in [3.05, 3.63) is 68.4 Å². The highest BCUT2D eigenvalue weighted by molar-refractivity contribution is 7.19. The lowest BCUT2D eigenvalue weighted by Crippen LogP contribution is -2.36. The topological polar surface area (TPSA) is 74.0 Å². The number of thiophene rings is 1. The van der Waals surface area contributed by atoms with Gasteiger partial charge in [-0.25, -0.2) is 4.79 Å². The molecule has 24 heavy (non-hydrogen) atoms. The molecule has 0 aliphatic rings. The van der Waals surface area contributed by atoms with Gasteiger partial charge in [0.15, 0.2) is 0 Å². The van der Waals surface area contributed by atoms with Crippen molar-refractivity contribution in [1.29, 1.82) is 0 Å². The largest absolute Gasteiger partial charge is 0.334 e. The van der Waals surface area contributed by atoms with E-state index in [1.807, 2.05) is 32.0 Å². The van der Waals surface area contributed by atoms with Crippen LogP contribution in [0.2, 0.25) is 0 Å². The van der Waals surface area contributed by atoms with E-state index in [2.05, 4.69) is 33.8 Å². The lowest BCUT2D eigenvalue weighted by atomic mass is 10.1. The van der Waals surface area contributed by atoms with Gasteiger partial charge in [-0.2, -0.15) is 0 Å². The van der Waals surface area contributed by atoms with Crippen LogP contribution in [-0.2, 0) is 13.1 Å². The summed E-state index contributed by atoms with van der Waals surface area (Å²) in [4.78, 5) is 27.7. The summed E-state index contributed by atoms with van der Waals surface area (Å²) < 4.78 is 1.21. The van der Waals surface area contributed by atoms with Crippen LogP contribution >= 0.6 is 11.3 Å². The number of benzene rings is 1. The Kier molecular flexibility index (Phi) is 4.66. The number of hydrogen-bond acceptors (Lipinski definition) is 3. The lowest BCUT2D eigenvalue weighted by molar-refractivity contribution is 0.240. The second-order valence-corrected chi connectivity index (χ2v) is 6.90. The third-order valence-electron chi connectivity index (χ3n) is 3.82. The summed E-state index contributed by atoms with van der Waals surface area (Å²) >= 11 is 1.66. The van der Waals surface area contributed by atoms with Crippen LogP contribution in [0.15, 0.2) is 41.2 Å². The summed E-state index contributed by atoms with van der Waals surface area (Å²) in [6, 6.07) is 11.8. The fraction of sp³-hybridized carbons (Fsp3) is 0.222. The van der Waals surface area contributed by atoms with Gasteiger partial charge in [0, 0.05) is 20.8 Å². The monoisotopic (exact) mass is 341 g/mol. The van der Waals surface area contributed by atoms with Crippen molar-refractivity contribution in [2.75, 3.05) is 0 Å². The quantitative estimate of drug-likeness (QED) is 0.682. The number of carbonyl (C=O) groups is 1. The minimum absolute atomic E-state index is 0.155. The molecule has 0 fully saturated rings. The second kappa shape index (κ2) is 6.88. The number of aryl methyl sites for hydroxylation is 2. The number of urea groups is 1. The van der Waals surface area contributed by atoms with E-state index in [0.717, 1.165) is 16.1 Å². The van der Waals surface area contributed by atoms with Crippen LogP contribution in [0.3, 0.4) is 0 Å². The lowest BCUT2D eigenvalue weighted by Gasteiger charge is -2.09. The van der Waals surface area contributed by atoms with Gasteiger partial charge >= 0.3 is 6.03 Å². The van der Waals surface area contributed by atoms with Crippen LogP contribution in [-0.4, -0.2) is 11.0 Å². The summed E-state index contributed by atoms with van der Waals surface area (Å²) in [6.45, 7) is 4.38. The fourth-order valence-electron chi connectivity index (χ4n) is 2.62. The van der Waals surface area contributed by atoms with Crippen molar-refractivity contribution < 1.29 is 4.79 Å². The summed E-state index contributed by atoms with van der Waals surface area (Å²) in [6.07, 6.45) is 0. The van der Waals surface area contributed by atoms with Crippen molar-refractivity contribution in [3.8, 4) is 0 Å². The highest BCUT2D eigenvalue weighted by Gasteiger charge is 2.08. The first kappa shape index (κ1) is 16.3. The first-order chi connectivity index (χ1) is 11.5. The number of pyridine rings is 1. The van der Waals surface area contributed by atoms with E-state index in [-0.39, 0.29) is 18.1 Å². The molecule has 0 aliphatic heterocycles. The Labute approximate surface area is 143 Å². The van der Waals surface area contributed by atoms with E-state index in [4.69, 9.17) is 0 Å². The zero-order valence-electron chi connectivity index (χ0n) is 13.6. The second-order valence-electron chi connectivity index (χ2n) is 5.73. The van der Waals surface area contributed by atoms with Gasteiger partial charge in [-0.3, -0.25) is 4.79 Å². The molecular weight excluding hydrogens is 322 g/mol. The molecule has 1 aromatic carbocycles. The van der Waals surface area contributed by atoms with Gasteiger partial charge in [0.25, 0.3) is 5.56 Å². The van der Waals surface area contributed by atoms with E-state index < -0.39 is 0 Å². The number of aromatic nitrogens is 1. The number of H-pyrrole nitrogens is 1. The number of rotatable bonds is 4. The standard InChI is InChI=1S/C18H19N3O2S/c1-11-7-12(2)21-17(22)15(11)10-20-18(23)19-9-14-8-13-5-3-4-6-16(13)24-14/h3-8H,9-10H2,1-2H3,(H,21,22)(H2,19,20,23). The van der Waals surface area contributed by atoms with Gasteiger partial charge in [0.05, 0.1) is 13.1 Å². The number of aromatic amines is 1. The average Bonchev–Trinajstić information content (AvgIpc) is 2.94. The van der Waals surface area contributed by atoms with E-state index in [1.165, 1.54) is 10.1 Å². The summed E-state index contributed by atoms with van der Waals surface area (Å²) in [5, 5.41) is 6.75. The third-order valence-corrected chi connectivity index (χ3v) is 4.94. The summed E-state index contributed by atoms with van der Waals surface area (Å²) in [5.74, 6) is 0. The normalized spacial score (nSPS) is 10.8. The predicted octanol–water partition coefficient (Wildman–Crippen LogP) is 3.21. The molecular formula is C18H19N3O2S. The number of carbonyl (C=O) groups excluding carboxylic acids is 1. The Hall–Kier alpha value is -2.60. The minimum atomic E-state index is -0.285. The molecule has 3 rings (SSSR count). The highest BCUT2D eigenvalue weighted by atomic mass is 32.1. The molecule has 0 unspecified atom stereocenters. The molecule has 0 bridgehead atoms. The van der Waals surface area contributed by atoms with Crippen molar-refractivity contribution in [3.63, 3.8) is 0 Å². The molecule has 5 nitrogen and oxygen atoms in total. The highest BCUT2D eigenvalue weighted by Crippen LogP contribution is 2.24. The van der Waals surface area contributed by atoms with Crippen LogP contribution in [0.4, 0.5) is 4.79 Å². The number of hydrogen-bond donors (Lipinski definition) is 3. The maximum Gasteiger partial charge on any atom is 0.315 e. The molecule has 0 spiro atoms. The van der Waals surface area contributed by atoms with Crippen LogP contribution in [0.5, 0.6) is 0 Å². The molecule has 0 atom stereocenters.